The van der Waals surface area contributed by atoms with Crippen LogP contribution in [0.25, 0.3) is 0 Å². The molecule has 0 unspecified atom stereocenters. The predicted octanol–water partition coefficient (Wildman–Crippen LogP) is 4.57. The molecule has 0 bridgehead atoms. The summed E-state index contributed by atoms with van der Waals surface area (Å²) in [6, 6.07) is 15.4. The first-order valence-corrected chi connectivity index (χ1v) is 7.56. The van der Waals surface area contributed by atoms with Gasteiger partial charge in [0, 0.05) is 42.1 Å². The second-order valence-corrected chi connectivity index (χ2v) is 5.29. The third-order valence-corrected chi connectivity index (χ3v) is 3.91. The molecule has 0 saturated carbocycles. The Balaban J connectivity index is 2.12. The molecule has 2 aromatic rings. The van der Waals surface area contributed by atoms with Crippen molar-refractivity contribution in [1.82, 2.24) is 0 Å². The average molecular weight is 266 g/mol. The van der Waals surface area contributed by atoms with Crippen LogP contribution < -0.4 is 10.2 Å². The van der Waals surface area contributed by atoms with Crippen LogP contribution >= 0.6 is 0 Å². The van der Waals surface area contributed by atoms with Gasteiger partial charge in [0.25, 0.3) is 0 Å². The zero-order valence-electron chi connectivity index (χ0n) is 12.3. The highest BCUT2D eigenvalue weighted by Crippen LogP contribution is 2.41. The quantitative estimate of drug-likeness (QED) is 0.872. The molecule has 0 aliphatic carbocycles. The van der Waals surface area contributed by atoms with Crippen LogP contribution in [-0.2, 0) is 6.42 Å². The van der Waals surface area contributed by atoms with Crippen LogP contribution in [0.3, 0.4) is 0 Å². The number of rotatable bonds is 4. The molecule has 0 aromatic heterocycles. The lowest BCUT2D eigenvalue weighted by Crippen LogP contribution is -2.24. The van der Waals surface area contributed by atoms with E-state index in [9.17, 15) is 0 Å². The van der Waals surface area contributed by atoms with Crippen molar-refractivity contribution in [3.8, 4) is 0 Å². The van der Waals surface area contributed by atoms with E-state index in [1.807, 2.05) is 0 Å². The van der Waals surface area contributed by atoms with Crippen molar-refractivity contribution in [3.63, 3.8) is 0 Å². The Morgan fingerprint density at radius 2 is 1.80 bits per heavy atom. The van der Waals surface area contributed by atoms with Crippen molar-refractivity contribution >= 4 is 17.1 Å². The minimum Gasteiger partial charge on any atom is -0.385 e. The Labute approximate surface area is 121 Å². The summed E-state index contributed by atoms with van der Waals surface area (Å²) < 4.78 is 0. The van der Waals surface area contributed by atoms with Crippen molar-refractivity contribution < 1.29 is 0 Å². The lowest BCUT2D eigenvalue weighted by molar-refractivity contribution is 0.862. The highest BCUT2D eigenvalue weighted by atomic mass is 15.1. The molecule has 0 fully saturated rings. The fourth-order valence-electron chi connectivity index (χ4n) is 3.08. The van der Waals surface area contributed by atoms with Crippen molar-refractivity contribution in [2.75, 3.05) is 23.3 Å². The maximum atomic E-state index is 3.50. The fraction of sp³-hybridized carbons (Fsp3) is 0.333. The Hall–Kier alpha value is -1.96. The molecule has 1 aliphatic rings. The topological polar surface area (TPSA) is 15.3 Å². The summed E-state index contributed by atoms with van der Waals surface area (Å²) in [5.74, 6) is 0. The Morgan fingerprint density at radius 3 is 2.60 bits per heavy atom. The fourth-order valence-corrected chi connectivity index (χ4v) is 3.08. The molecular formula is C18H22N2. The van der Waals surface area contributed by atoms with E-state index in [2.05, 4.69) is 66.5 Å². The largest absolute Gasteiger partial charge is 0.385 e. The first-order chi connectivity index (χ1) is 9.85. The molecule has 0 amide bonds. The smallest absolute Gasteiger partial charge is 0.0467 e. The van der Waals surface area contributed by atoms with Crippen molar-refractivity contribution in [2.24, 2.45) is 0 Å². The summed E-state index contributed by atoms with van der Waals surface area (Å²) in [5.41, 5.74) is 6.88. The van der Waals surface area contributed by atoms with Crippen LogP contribution in [0, 0.1) is 0 Å². The predicted molar refractivity (Wildman–Crippen MR) is 87.2 cm³/mol. The standard InChI is InChI=1S/C18H22N2/c1-3-12-20-17-10-6-5-8-14(17)13-15-16(19-4-2)9-7-11-18(15)20/h5-11,19H,3-4,12-13H2,1-2H3. The monoisotopic (exact) mass is 266 g/mol. The lowest BCUT2D eigenvalue weighted by Gasteiger charge is -2.34. The Kier molecular flexibility index (Phi) is 3.64. The molecule has 1 aliphatic heterocycles. The molecule has 1 N–H and O–H groups in total. The maximum absolute atomic E-state index is 3.50. The second-order valence-electron chi connectivity index (χ2n) is 5.29. The van der Waals surface area contributed by atoms with E-state index in [1.54, 1.807) is 0 Å². The summed E-state index contributed by atoms with van der Waals surface area (Å²) in [4.78, 5) is 2.47. The van der Waals surface area contributed by atoms with Gasteiger partial charge in [0.2, 0.25) is 0 Å². The number of fused-ring (bicyclic) bond motifs is 2. The number of benzene rings is 2. The van der Waals surface area contributed by atoms with E-state index >= 15 is 0 Å². The van der Waals surface area contributed by atoms with Crippen LogP contribution in [0.1, 0.15) is 31.4 Å². The third-order valence-electron chi connectivity index (χ3n) is 3.91. The number of nitrogens with zero attached hydrogens (tertiary/aromatic N) is 1. The zero-order chi connectivity index (χ0) is 13.9. The molecule has 2 heteroatoms. The average Bonchev–Trinajstić information content (AvgIpc) is 2.48. The minimum absolute atomic E-state index is 0.964. The molecular weight excluding hydrogens is 244 g/mol. The van der Waals surface area contributed by atoms with Gasteiger partial charge in [0.15, 0.2) is 0 Å². The highest BCUT2D eigenvalue weighted by molar-refractivity contribution is 5.79. The highest BCUT2D eigenvalue weighted by Gasteiger charge is 2.23. The summed E-state index contributed by atoms with van der Waals surface area (Å²) in [6.45, 7) is 6.43. The van der Waals surface area contributed by atoms with E-state index in [4.69, 9.17) is 0 Å². The van der Waals surface area contributed by atoms with Gasteiger partial charge in [-0.3, -0.25) is 0 Å². The van der Waals surface area contributed by atoms with Gasteiger partial charge in [-0.25, -0.2) is 0 Å². The summed E-state index contributed by atoms with van der Waals surface area (Å²) in [6.07, 6.45) is 2.17. The van der Waals surface area contributed by atoms with Crippen molar-refractivity contribution in [1.29, 1.82) is 0 Å². The second kappa shape index (κ2) is 5.58. The Morgan fingerprint density at radius 1 is 1.00 bits per heavy atom. The molecule has 104 valence electrons. The molecule has 3 rings (SSSR count). The number of hydrogen-bond acceptors (Lipinski definition) is 2. The summed E-state index contributed by atoms with van der Waals surface area (Å²) in [7, 11) is 0. The van der Waals surface area contributed by atoms with Gasteiger partial charge in [0.1, 0.15) is 0 Å². The van der Waals surface area contributed by atoms with Crippen molar-refractivity contribution in [2.45, 2.75) is 26.7 Å². The van der Waals surface area contributed by atoms with Gasteiger partial charge in [-0.1, -0.05) is 31.2 Å². The van der Waals surface area contributed by atoms with E-state index in [1.165, 1.54) is 28.2 Å². The van der Waals surface area contributed by atoms with Crippen LogP contribution in [0.5, 0.6) is 0 Å². The molecule has 1 heterocycles. The van der Waals surface area contributed by atoms with Crippen LogP contribution in [0.15, 0.2) is 42.5 Å². The van der Waals surface area contributed by atoms with Gasteiger partial charge in [-0.05, 0) is 37.1 Å². The summed E-state index contributed by atoms with van der Waals surface area (Å²) in [5, 5.41) is 3.50. The van der Waals surface area contributed by atoms with Gasteiger partial charge in [-0.15, -0.1) is 0 Å². The first-order valence-electron chi connectivity index (χ1n) is 7.56. The minimum atomic E-state index is 0.964. The summed E-state index contributed by atoms with van der Waals surface area (Å²) >= 11 is 0. The van der Waals surface area contributed by atoms with E-state index < -0.39 is 0 Å². The maximum Gasteiger partial charge on any atom is 0.0467 e. The van der Waals surface area contributed by atoms with Gasteiger partial charge in [-0.2, -0.15) is 0 Å². The van der Waals surface area contributed by atoms with Crippen LogP contribution in [0.2, 0.25) is 0 Å². The molecule has 20 heavy (non-hydrogen) atoms. The van der Waals surface area contributed by atoms with E-state index in [0.29, 0.717) is 0 Å². The normalized spacial score (nSPS) is 12.8. The lowest BCUT2D eigenvalue weighted by atomic mass is 9.94. The van der Waals surface area contributed by atoms with Gasteiger partial charge in [0.05, 0.1) is 0 Å². The first kappa shape index (κ1) is 13.0. The number of hydrogen-bond donors (Lipinski definition) is 1. The molecule has 2 nitrogen and oxygen atoms in total. The number of anilines is 3. The molecule has 0 spiro atoms. The SMILES string of the molecule is CCCN1c2ccccc2Cc2c(NCC)cccc21. The van der Waals surface area contributed by atoms with E-state index in [-0.39, 0.29) is 0 Å². The number of para-hydroxylation sites is 1. The molecule has 0 saturated heterocycles. The van der Waals surface area contributed by atoms with Crippen molar-refractivity contribution in [3.05, 3.63) is 53.6 Å². The Bertz CT molecular complexity index is 604. The van der Waals surface area contributed by atoms with Gasteiger partial charge < -0.3 is 10.2 Å². The third kappa shape index (κ3) is 2.15. The van der Waals surface area contributed by atoms with Crippen LogP contribution in [-0.4, -0.2) is 13.1 Å². The van der Waals surface area contributed by atoms with Gasteiger partial charge >= 0.3 is 0 Å². The molecule has 2 aromatic carbocycles. The number of nitrogens with one attached hydrogen (secondary N) is 1. The molecule has 0 radical (unpaired) electrons. The van der Waals surface area contributed by atoms with E-state index in [0.717, 1.165) is 25.9 Å². The molecule has 0 atom stereocenters. The zero-order valence-corrected chi connectivity index (χ0v) is 12.3. The van der Waals surface area contributed by atoms with Crippen LogP contribution in [0.4, 0.5) is 17.1 Å².